The van der Waals surface area contributed by atoms with Crippen molar-refractivity contribution in [1.82, 2.24) is 30.1 Å². The maximum Gasteiger partial charge on any atom is 0.274 e. The van der Waals surface area contributed by atoms with Gasteiger partial charge in [0.2, 0.25) is 5.89 Å². The van der Waals surface area contributed by atoms with Gasteiger partial charge in [-0.1, -0.05) is 19.0 Å². The van der Waals surface area contributed by atoms with E-state index in [9.17, 15) is 4.79 Å². The Morgan fingerprint density at radius 3 is 2.96 bits per heavy atom. The molecule has 8 heteroatoms. The highest BCUT2D eigenvalue weighted by molar-refractivity contribution is 5.92. The van der Waals surface area contributed by atoms with Gasteiger partial charge in [-0.3, -0.25) is 9.69 Å². The van der Waals surface area contributed by atoms with Gasteiger partial charge in [-0.05, 0) is 25.5 Å². The van der Waals surface area contributed by atoms with E-state index < -0.39 is 0 Å². The molecule has 1 unspecified atom stereocenters. The molecule has 0 bridgehead atoms. The molecule has 25 heavy (non-hydrogen) atoms. The molecule has 2 aromatic rings. The minimum Gasteiger partial charge on any atom is -0.339 e. The highest BCUT2D eigenvalue weighted by Crippen LogP contribution is 2.19. The Labute approximate surface area is 147 Å². The Hall–Kier alpha value is -2.35. The zero-order valence-electron chi connectivity index (χ0n) is 14.9. The van der Waals surface area contributed by atoms with E-state index in [1.807, 2.05) is 25.7 Å². The number of amides is 1. The molecule has 8 nitrogen and oxygen atoms in total. The molecule has 0 aliphatic carbocycles. The maximum atomic E-state index is 12.7. The van der Waals surface area contributed by atoms with E-state index in [4.69, 9.17) is 4.52 Å². The van der Waals surface area contributed by atoms with Crippen LogP contribution in [-0.2, 0) is 6.54 Å². The first-order valence-electron chi connectivity index (χ1n) is 8.72. The molecule has 1 aliphatic rings. The lowest BCUT2D eigenvalue weighted by atomic mass is 10.2. The highest BCUT2D eigenvalue weighted by atomic mass is 16.5. The molecule has 3 rings (SSSR count). The van der Waals surface area contributed by atoms with Gasteiger partial charge < -0.3 is 9.42 Å². The minimum atomic E-state index is -0.0656. The third kappa shape index (κ3) is 4.01. The third-order valence-corrected chi connectivity index (χ3v) is 4.42. The number of carbonyl (C=O) groups excluding carboxylic acids is 1. The van der Waals surface area contributed by atoms with Crippen LogP contribution >= 0.6 is 0 Å². The number of aromatic nitrogens is 4. The summed E-state index contributed by atoms with van der Waals surface area (Å²) in [6, 6.07) is 3.60. The molecule has 2 aromatic heterocycles. The van der Waals surface area contributed by atoms with E-state index in [1.54, 1.807) is 18.3 Å². The first kappa shape index (κ1) is 17.5. The summed E-state index contributed by atoms with van der Waals surface area (Å²) in [6.45, 7) is 9.04. The molecular formula is C17H24N6O2. The van der Waals surface area contributed by atoms with Gasteiger partial charge in [-0.2, -0.15) is 10.1 Å². The largest absolute Gasteiger partial charge is 0.339 e. The molecule has 1 fully saturated rings. The quantitative estimate of drug-likeness (QED) is 0.788. The molecule has 1 saturated heterocycles. The molecule has 134 valence electrons. The Morgan fingerprint density at radius 2 is 2.32 bits per heavy atom. The lowest BCUT2D eigenvalue weighted by Crippen LogP contribution is -2.42. The fourth-order valence-corrected chi connectivity index (χ4v) is 3.11. The molecule has 0 saturated carbocycles. The summed E-state index contributed by atoms with van der Waals surface area (Å²) in [5.74, 6) is 1.53. The Kier molecular flexibility index (Phi) is 5.37. The first-order chi connectivity index (χ1) is 12.1. The highest BCUT2D eigenvalue weighted by Gasteiger charge is 2.31. The van der Waals surface area contributed by atoms with Crippen LogP contribution in [0.5, 0.6) is 0 Å². The number of likely N-dealkylation sites (tertiary alicyclic amines) is 1. The van der Waals surface area contributed by atoms with Gasteiger partial charge in [0.15, 0.2) is 11.5 Å². The predicted octanol–water partition coefficient (Wildman–Crippen LogP) is 1.72. The molecule has 3 heterocycles. The fourth-order valence-electron chi connectivity index (χ4n) is 3.11. The second-order valence-corrected chi connectivity index (χ2v) is 6.58. The maximum absolute atomic E-state index is 12.7. The summed E-state index contributed by atoms with van der Waals surface area (Å²) in [4.78, 5) is 21.2. The number of nitrogens with zero attached hydrogens (tertiary/aromatic N) is 6. The van der Waals surface area contributed by atoms with Crippen molar-refractivity contribution in [2.24, 2.45) is 0 Å². The van der Waals surface area contributed by atoms with Crippen LogP contribution in [0.25, 0.3) is 0 Å². The van der Waals surface area contributed by atoms with Gasteiger partial charge in [-0.15, -0.1) is 5.10 Å². The SMILES string of the molecule is CCN(C(=O)c1cccnn1)C1CCN(Cc2noc(C(C)C)n2)C1. The smallest absolute Gasteiger partial charge is 0.274 e. The zero-order chi connectivity index (χ0) is 17.8. The van der Waals surface area contributed by atoms with E-state index in [0.29, 0.717) is 30.5 Å². The first-order valence-corrected chi connectivity index (χ1v) is 8.72. The van der Waals surface area contributed by atoms with Crippen LogP contribution in [0.15, 0.2) is 22.9 Å². The molecule has 1 aliphatic heterocycles. The third-order valence-electron chi connectivity index (χ3n) is 4.42. The zero-order valence-corrected chi connectivity index (χ0v) is 14.9. The van der Waals surface area contributed by atoms with E-state index in [-0.39, 0.29) is 17.9 Å². The standard InChI is InChI=1S/C17H24N6O2/c1-4-23(17(24)14-6-5-8-18-20-14)13-7-9-22(10-13)11-15-19-16(12(2)3)25-21-15/h5-6,8,12-13H,4,7,9-11H2,1-3H3. The lowest BCUT2D eigenvalue weighted by molar-refractivity contribution is 0.0685. The summed E-state index contributed by atoms with van der Waals surface area (Å²) in [7, 11) is 0. The van der Waals surface area contributed by atoms with Crippen molar-refractivity contribution in [3.05, 3.63) is 35.7 Å². The summed E-state index contributed by atoms with van der Waals surface area (Å²) in [6.07, 6.45) is 2.50. The molecule has 0 aromatic carbocycles. The van der Waals surface area contributed by atoms with E-state index >= 15 is 0 Å². The van der Waals surface area contributed by atoms with Gasteiger partial charge in [0.1, 0.15) is 0 Å². The van der Waals surface area contributed by atoms with Crippen molar-refractivity contribution in [2.45, 2.75) is 45.7 Å². The fraction of sp³-hybridized carbons (Fsp3) is 0.588. The molecular weight excluding hydrogens is 320 g/mol. The summed E-state index contributed by atoms with van der Waals surface area (Å²) in [5, 5.41) is 11.8. The van der Waals surface area contributed by atoms with Crippen LogP contribution in [0.2, 0.25) is 0 Å². The van der Waals surface area contributed by atoms with E-state index in [1.165, 1.54) is 0 Å². The normalized spacial score (nSPS) is 18.0. The van der Waals surface area contributed by atoms with Crippen LogP contribution in [0, 0.1) is 0 Å². The number of likely N-dealkylation sites (N-methyl/N-ethyl adjacent to an activating group) is 1. The summed E-state index contributed by atoms with van der Waals surface area (Å²) < 4.78 is 5.26. The van der Waals surface area contributed by atoms with Crippen molar-refractivity contribution < 1.29 is 9.32 Å². The Morgan fingerprint density at radius 1 is 1.48 bits per heavy atom. The molecule has 1 amide bonds. The van der Waals surface area contributed by atoms with Crippen LogP contribution in [-0.4, -0.2) is 61.7 Å². The van der Waals surface area contributed by atoms with Crippen molar-refractivity contribution in [1.29, 1.82) is 0 Å². The molecule has 0 spiro atoms. The van der Waals surface area contributed by atoms with Gasteiger partial charge in [0.25, 0.3) is 5.91 Å². The van der Waals surface area contributed by atoms with Crippen molar-refractivity contribution in [3.8, 4) is 0 Å². The average molecular weight is 344 g/mol. The number of hydrogen-bond acceptors (Lipinski definition) is 7. The van der Waals surface area contributed by atoms with Gasteiger partial charge >= 0.3 is 0 Å². The molecule has 0 radical (unpaired) electrons. The second-order valence-electron chi connectivity index (χ2n) is 6.58. The Balaban J connectivity index is 1.61. The lowest BCUT2D eigenvalue weighted by Gasteiger charge is -2.27. The van der Waals surface area contributed by atoms with E-state index in [2.05, 4.69) is 25.2 Å². The topological polar surface area (TPSA) is 88.3 Å². The van der Waals surface area contributed by atoms with E-state index in [0.717, 1.165) is 19.5 Å². The predicted molar refractivity (Wildman–Crippen MR) is 90.8 cm³/mol. The number of rotatable bonds is 6. The van der Waals surface area contributed by atoms with Crippen molar-refractivity contribution >= 4 is 5.91 Å². The van der Waals surface area contributed by atoms with Crippen LogP contribution in [0.1, 0.15) is 55.3 Å². The average Bonchev–Trinajstić information content (AvgIpc) is 3.27. The van der Waals surface area contributed by atoms with Gasteiger partial charge in [0, 0.05) is 37.8 Å². The van der Waals surface area contributed by atoms with Crippen LogP contribution in [0.3, 0.4) is 0 Å². The molecule has 0 N–H and O–H groups in total. The second kappa shape index (κ2) is 7.69. The van der Waals surface area contributed by atoms with Crippen molar-refractivity contribution in [2.75, 3.05) is 19.6 Å². The van der Waals surface area contributed by atoms with Crippen LogP contribution in [0.4, 0.5) is 0 Å². The van der Waals surface area contributed by atoms with Crippen molar-refractivity contribution in [3.63, 3.8) is 0 Å². The number of carbonyl (C=O) groups is 1. The van der Waals surface area contributed by atoms with Crippen LogP contribution < -0.4 is 0 Å². The Bertz CT molecular complexity index is 702. The number of hydrogen-bond donors (Lipinski definition) is 0. The summed E-state index contributed by atoms with van der Waals surface area (Å²) in [5.41, 5.74) is 0.391. The minimum absolute atomic E-state index is 0.0656. The molecule has 1 atom stereocenters. The van der Waals surface area contributed by atoms with Gasteiger partial charge in [0.05, 0.1) is 6.54 Å². The van der Waals surface area contributed by atoms with Gasteiger partial charge in [-0.25, -0.2) is 0 Å². The monoisotopic (exact) mass is 344 g/mol. The summed E-state index contributed by atoms with van der Waals surface area (Å²) >= 11 is 0.